The molecule has 0 bridgehead atoms. The first-order valence-electron chi connectivity index (χ1n) is 12.9. The zero-order chi connectivity index (χ0) is 27.4. The van der Waals surface area contributed by atoms with E-state index in [-0.39, 0.29) is 17.2 Å². The Kier molecular flexibility index (Phi) is 5.52. The fourth-order valence-electron chi connectivity index (χ4n) is 5.62. The molecule has 4 aromatic carbocycles. The van der Waals surface area contributed by atoms with Crippen molar-refractivity contribution in [2.45, 2.75) is 0 Å². The van der Waals surface area contributed by atoms with Gasteiger partial charge in [0.05, 0.1) is 34.0 Å². The minimum absolute atomic E-state index is 0.0575. The molecular formula is C31H22FN4O4-. The maximum absolute atomic E-state index is 14.4. The standard InChI is InChI=1S/C31H23FN4O4/c32-22-7-3-4-8-24(22)35-13-15-36(16-14-35)25-17-23(33-19-11-9-18(10-12-19)31(38)39)26-27-28(25)34-40-30(27)21-6-2-1-5-20(21)29(26)37/h1-12,17,33H,13-16H2,(H,38,39)/p-1. The van der Waals surface area contributed by atoms with E-state index in [1.54, 1.807) is 30.3 Å². The fourth-order valence-corrected chi connectivity index (χ4v) is 5.62. The van der Waals surface area contributed by atoms with Crippen LogP contribution in [0.3, 0.4) is 0 Å². The summed E-state index contributed by atoms with van der Waals surface area (Å²) in [5.74, 6) is -1.14. The van der Waals surface area contributed by atoms with E-state index in [1.165, 1.54) is 18.2 Å². The van der Waals surface area contributed by atoms with Crippen LogP contribution in [0.5, 0.6) is 0 Å². The molecule has 0 unspecified atom stereocenters. The largest absolute Gasteiger partial charge is 0.545 e. The molecule has 0 atom stereocenters. The SMILES string of the molecule is O=C([O-])c1ccc(Nc2cc(N3CCN(c4ccccc4F)CC3)c3noc4c3c2C(=O)c2ccccc2-4)cc1. The Morgan fingerprint density at radius 1 is 0.875 bits per heavy atom. The summed E-state index contributed by atoms with van der Waals surface area (Å²) in [6.45, 7) is 2.42. The monoisotopic (exact) mass is 533 g/mol. The molecule has 198 valence electrons. The molecule has 40 heavy (non-hydrogen) atoms. The van der Waals surface area contributed by atoms with Crippen LogP contribution in [-0.4, -0.2) is 43.1 Å². The summed E-state index contributed by atoms with van der Waals surface area (Å²) in [6.07, 6.45) is 0. The first-order valence-corrected chi connectivity index (χ1v) is 12.9. The number of ketones is 1. The Morgan fingerprint density at radius 3 is 2.23 bits per heavy atom. The highest BCUT2D eigenvalue weighted by Gasteiger charge is 2.34. The Labute approximate surface area is 228 Å². The predicted octanol–water partition coefficient (Wildman–Crippen LogP) is 4.61. The van der Waals surface area contributed by atoms with Crippen LogP contribution in [0.15, 0.2) is 83.4 Å². The number of piperazine rings is 1. The number of carboxylic acid groups (broad SMARTS) is 1. The maximum atomic E-state index is 14.4. The second-order valence-corrected chi connectivity index (χ2v) is 9.84. The average Bonchev–Trinajstić information content (AvgIpc) is 3.42. The van der Waals surface area contributed by atoms with Crippen LogP contribution >= 0.6 is 0 Å². The van der Waals surface area contributed by atoms with Crippen molar-refractivity contribution in [3.63, 3.8) is 0 Å². The number of aromatic nitrogens is 1. The number of carboxylic acids is 1. The number of nitrogens with zero attached hydrogens (tertiary/aromatic N) is 3. The Bertz CT molecular complexity index is 1810. The van der Waals surface area contributed by atoms with Gasteiger partial charge in [-0.3, -0.25) is 4.79 Å². The minimum atomic E-state index is -1.26. The molecule has 1 saturated heterocycles. The molecule has 1 aliphatic carbocycles. The summed E-state index contributed by atoms with van der Waals surface area (Å²) in [6, 6.07) is 22.1. The van der Waals surface area contributed by atoms with E-state index in [0.29, 0.717) is 76.6 Å². The van der Waals surface area contributed by atoms with Crippen LogP contribution in [-0.2, 0) is 0 Å². The molecule has 0 radical (unpaired) electrons. The van der Waals surface area contributed by atoms with Crippen LogP contribution in [0.1, 0.15) is 26.3 Å². The number of halogens is 1. The summed E-state index contributed by atoms with van der Waals surface area (Å²) in [4.78, 5) is 29.2. The highest BCUT2D eigenvalue weighted by Crippen LogP contribution is 2.46. The van der Waals surface area contributed by atoms with Crippen molar-refractivity contribution in [2.75, 3.05) is 41.3 Å². The molecule has 0 saturated carbocycles. The zero-order valence-corrected chi connectivity index (χ0v) is 21.2. The first kappa shape index (κ1) is 23.9. The third-order valence-electron chi connectivity index (χ3n) is 7.59. The number of benzene rings is 4. The van der Waals surface area contributed by atoms with Gasteiger partial charge in [0, 0.05) is 43.0 Å². The van der Waals surface area contributed by atoms with E-state index >= 15 is 0 Å². The van der Waals surface area contributed by atoms with Crippen LogP contribution in [0.4, 0.5) is 27.1 Å². The van der Waals surface area contributed by atoms with Gasteiger partial charge in [0.2, 0.25) is 0 Å². The molecule has 9 heteroatoms. The zero-order valence-electron chi connectivity index (χ0n) is 21.2. The molecule has 0 amide bonds. The molecule has 8 nitrogen and oxygen atoms in total. The van der Waals surface area contributed by atoms with Gasteiger partial charge in [0.15, 0.2) is 11.5 Å². The van der Waals surface area contributed by atoms with Gasteiger partial charge in [-0.1, -0.05) is 53.7 Å². The molecule has 5 aromatic rings. The number of anilines is 4. The van der Waals surface area contributed by atoms with Gasteiger partial charge < -0.3 is 29.5 Å². The highest BCUT2D eigenvalue weighted by molar-refractivity contribution is 6.28. The van der Waals surface area contributed by atoms with Crippen LogP contribution in [0.2, 0.25) is 0 Å². The van der Waals surface area contributed by atoms with Gasteiger partial charge in [-0.25, -0.2) is 4.39 Å². The number of para-hydroxylation sites is 1. The molecule has 1 fully saturated rings. The molecule has 0 spiro atoms. The van der Waals surface area contributed by atoms with Crippen LogP contribution in [0, 0.1) is 5.82 Å². The number of carbonyl (C=O) groups excluding carboxylic acids is 2. The first-order chi connectivity index (χ1) is 19.5. The lowest BCUT2D eigenvalue weighted by Gasteiger charge is -2.37. The lowest BCUT2D eigenvalue weighted by molar-refractivity contribution is -0.255. The van der Waals surface area contributed by atoms with Crippen molar-refractivity contribution < 1.29 is 23.6 Å². The van der Waals surface area contributed by atoms with E-state index < -0.39 is 5.97 Å². The smallest absolute Gasteiger partial charge is 0.196 e. The van der Waals surface area contributed by atoms with Gasteiger partial charge >= 0.3 is 0 Å². The van der Waals surface area contributed by atoms with Gasteiger partial charge in [0.1, 0.15) is 11.3 Å². The maximum Gasteiger partial charge on any atom is 0.196 e. The fraction of sp³-hybridized carbons (Fsp3) is 0.129. The summed E-state index contributed by atoms with van der Waals surface area (Å²) in [7, 11) is 0. The van der Waals surface area contributed by atoms with E-state index in [1.807, 2.05) is 35.2 Å². The molecule has 2 heterocycles. The second-order valence-electron chi connectivity index (χ2n) is 9.84. The number of fused-ring (bicyclic) bond motifs is 2. The van der Waals surface area contributed by atoms with Crippen molar-refractivity contribution in [1.29, 1.82) is 0 Å². The summed E-state index contributed by atoms with van der Waals surface area (Å²) in [5, 5.41) is 19.6. The van der Waals surface area contributed by atoms with E-state index in [2.05, 4.69) is 15.4 Å². The van der Waals surface area contributed by atoms with Crippen molar-refractivity contribution >= 4 is 45.4 Å². The number of carbonyl (C=O) groups is 2. The summed E-state index contributed by atoms with van der Waals surface area (Å²) < 4.78 is 20.3. The third kappa shape index (κ3) is 3.78. The van der Waals surface area contributed by atoms with E-state index in [0.717, 1.165) is 5.69 Å². The molecule has 1 aliphatic heterocycles. The molecule has 1 N–H and O–H groups in total. The Morgan fingerprint density at radius 2 is 1.52 bits per heavy atom. The van der Waals surface area contributed by atoms with Gasteiger partial charge in [-0.2, -0.15) is 0 Å². The summed E-state index contributed by atoms with van der Waals surface area (Å²) in [5.41, 5.74) is 4.84. The molecule has 2 aliphatic rings. The lowest BCUT2D eigenvalue weighted by Crippen LogP contribution is -2.47. The number of aromatic carboxylic acids is 1. The van der Waals surface area contributed by atoms with Crippen molar-refractivity contribution in [1.82, 2.24) is 5.16 Å². The molecule has 7 rings (SSSR count). The van der Waals surface area contributed by atoms with Crippen LogP contribution in [0.25, 0.3) is 22.2 Å². The average molecular weight is 534 g/mol. The van der Waals surface area contributed by atoms with Gasteiger partial charge in [-0.15, -0.1) is 0 Å². The number of rotatable bonds is 5. The quantitative estimate of drug-likeness (QED) is 0.343. The Hall–Kier alpha value is -5.18. The number of hydrogen-bond acceptors (Lipinski definition) is 8. The second kappa shape index (κ2) is 9.23. The topological polar surface area (TPSA) is 102 Å². The summed E-state index contributed by atoms with van der Waals surface area (Å²) >= 11 is 0. The van der Waals surface area contributed by atoms with Crippen molar-refractivity contribution in [3.8, 4) is 11.3 Å². The molecule has 1 aromatic heterocycles. The normalized spacial score (nSPS) is 14.4. The van der Waals surface area contributed by atoms with Crippen molar-refractivity contribution in [3.05, 3.63) is 101 Å². The van der Waals surface area contributed by atoms with E-state index in [4.69, 9.17) is 4.52 Å². The highest BCUT2D eigenvalue weighted by atomic mass is 19.1. The van der Waals surface area contributed by atoms with Gasteiger partial charge in [0.25, 0.3) is 0 Å². The predicted molar refractivity (Wildman–Crippen MR) is 148 cm³/mol. The van der Waals surface area contributed by atoms with Gasteiger partial charge in [-0.05, 0) is 35.9 Å². The van der Waals surface area contributed by atoms with Crippen LogP contribution < -0.4 is 20.2 Å². The minimum Gasteiger partial charge on any atom is -0.545 e. The lowest BCUT2D eigenvalue weighted by atomic mass is 9.86. The van der Waals surface area contributed by atoms with Crippen molar-refractivity contribution in [2.24, 2.45) is 0 Å². The Balaban J connectivity index is 1.32. The third-order valence-corrected chi connectivity index (χ3v) is 7.59. The number of hydrogen-bond donors (Lipinski definition) is 1. The number of nitrogens with one attached hydrogen (secondary N) is 1. The molecular weight excluding hydrogens is 511 g/mol. The van der Waals surface area contributed by atoms with E-state index in [9.17, 15) is 19.1 Å².